The van der Waals surface area contributed by atoms with Crippen molar-refractivity contribution >= 4 is 12.0 Å². The number of nitrogens with zero attached hydrogens (tertiary/aromatic N) is 2. The normalized spacial score (nSPS) is 27.6. The highest BCUT2D eigenvalue weighted by Crippen LogP contribution is 2.65. The summed E-state index contributed by atoms with van der Waals surface area (Å²) in [5, 5.41) is 17.7. The van der Waals surface area contributed by atoms with Gasteiger partial charge in [-0.2, -0.15) is 0 Å². The molecule has 7 nitrogen and oxygen atoms in total. The second-order valence-corrected chi connectivity index (χ2v) is 10.3. The number of aldehydes is 1. The number of aliphatic hydroxyl groups excluding tert-OH is 1. The average molecular weight is 454 g/mol. The van der Waals surface area contributed by atoms with E-state index < -0.39 is 0 Å². The largest absolute Gasteiger partial charge is 0.497 e. The minimum absolute atomic E-state index is 0.0217. The zero-order chi connectivity index (χ0) is 22.9. The van der Waals surface area contributed by atoms with E-state index in [9.17, 15) is 9.90 Å². The molecule has 3 fully saturated rings. The van der Waals surface area contributed by atoms with Gasteiger partial charge in [0.2, 0.25) is 0 Å². The molecule has 5 rings (SSSR count). The molecule has 2 aromatic rings. The Morgan fingerprint density at radius 3 is 2.73 bits per heavy atom. The number of hydrogen-bond donors (Lipinski definition) is 2. The number of likely N-dealkylation sites (tertiary alicyclic amines) is 1. The first-order chi connectivity index (χ1) is 16.1. The Labute approximate surface area is 195 Å². The van der Waals surface area contributed by atoms with E-state index in [-0.39, 0.29) is 23.0 Å². The van der Waals surface area contributed by atoms with E-state index in [1.54, 1.807) is 19.6 Å². The molecule has 0 radical (unpaired) electrons. The molecular formula is C26H35N3O4. The number of benzene rings is 1. The molecule has 2 saturated carbocycles. The van der Waals surface area contributed by atoms with Gasteiger partial charge in [0, 0.05) is 41.9 Å². The van der Waals surface area contributed by atoms with E-state index >= 15 is 0 Å². The molecule has 3 atom stereocenters. The quantitative estimate of drug-likeness (QED) is 0.391. The maximum absolute atomic E-state index is 11.7. The van der Waals surface area contributed by atoms with Crippen LogP contribution in [0, 0.1) is 11.3 Å². The monoisotopic (exact) mass is 453 g/mol. The van der Waals surface area contributed by atoms with E-state index in [0.29, 0.717) is 0 Å². The fraction of sp³-hybridized carbons (Fsp3) is 0.615. The van der Waals surface area contributed by atoms with Gasteiger partial charge in [-0.3, -0.25) is 4.90 Å². The average Bonchev–Trinajstić information content (AvgIpc) is 3.63. The standard InChI is InChI=1S/C26H35N3O4/c1-32-23-11-19(20-14-28-33-17-20)10-22(12-23)27-8-4-2-3-5-9-29-15-21(16-30)25(6-7-25)18-26(29)13-24(26)31/h10-12,14,16-17,21,24,27,31H,2-9,13,15,18H2,1H3/t21?,24-,26?/m0/s1. The lowest BCUT2D eigenvalue weighted by Gasteiger charge is -2.44. The fourth-order valence-corrected chi connectivity index (χ4v) is 5.83. The molecule has 2 spiro atoms. The van der Waals surface area contributed by atoms with Gasteiger partial charge >= 0.3 is 0 Å². The molecule has 2 unspecified atom stereocenters. The number of hydrogen-bond acceptors (Lipinski definition) is 7. The summed E-state index contributed by atoms with van der Waals surface area (Å²) in [5.41, 5.74) is 3.16. The SMILES string of the molecule is COc1cc(NCCCCCCN2CC(C=O)C3(CC3)CC23C[C@@H]3O)cc(-c2cnoc2)c1. The number of unbranched alkanes of at least 4 members (excludes halogenated alkanes) is 3. The fourth-order valence-electron chi connectivity index (χ4n) is 5.83. The highest BCUT2D eigenvalue weighted by Gasteiger charge is 2.67. The zero-order valence-corrected chi connectivity index (χ0v) is 19.5. The van der Waals surface area contributed by atoms with E-state index in [4.69, 9.17) is 9.26 Å². The lowest BCUT2D eigenvalue weighted by Crippen LogP contribution is -2.52. The van der Waals surface area contributed by atoms with Crippen molar-refractivity contribution in [1.29, 1.82) is 0 Å². The van der Waals surface area contributed by atoms with Gasteiger partial charge in [0.25, 0.3) is 0 Å². The van der Waals surface area contributed by atoms with Crippen molar-refractivity contribution in [3.05, 3.63) is 30.7 Å². The molecule has 0 bridgehead atoms. The van der Waals surface area contributed by atoms with Gasteiger partial charge < -0.3 is 24.5 Å². The summed E-state index contributed by atoms with van der Waals surface area (Å²) in [6, 6.07) is 6.06. The number of carbonyl (C=O) groups excluding carboxylic acids is 1. The van der Waals surface area contributed by atoms with Crippen LogP contribution < -0.4 is 10.1 Å². The maximum Gasteiger partial charge on any atom is 0.131 e. The summed E-state index contributed by atoms with van der Waals surface area (Å²) in [6.07, 6.45) is 13.1. The Morgan fingerprint density at radius 1 is 1.24 bits per heavy atom. The first-order valence-electron chi connectivity index (χ1n) is 12.3. The first kappa shape index (κ1) is 22.4. The topological polar surface area (TPSA) is 87.8 Å². The number of aliphatic hydroxyl groups is 1. The minimum Gasteiger partial charge on any atom is -0.497 e. The van der Waals surface area contributed by atoms with Crippen molar-refractivity contribution in [2.45, 2.75) is 63.0 Å². The number of rotatable bonds is 11. The lowest BCUT2D eigenvalue weighted by atomic mass is 9.78. The molecule has 3 aliphatic rings. The third-order valence-electron chi connectivity index (χ3n) is 8.15. The molecule has 2 N–H and O–H groups in total. The zero-order valence-electron chi connectivity index (χ0n) is 19.5. The van der Waals surface area contributed by atoms with Crippen LogP contribution >= 0.6 is 0 Å². The van der Waals surface area contributed by atoms with E-state index in [1.807, 2.05) is 12.1 Å². The second-order valence-electron chi connectivity index (χ2n) is 10.3. The van der Waals surface area contributed by atoms with E-state index in [2.05, 4.69) is 21.4 Å². The number of anilines is 1. The van der Waals surface area contributed by atoms with Gasteiger partial charge in [0.05, 0.1) is 19.4 Å². The highest BCUT2D eigenvalue weighted by molar-refractivity contribution is 5.69. The number of methoxy groups -OCH3 is 1. The molecule has 33 heavy (non-hydrogen) atoms. The van der Waals surface area contributed by atoms with Crippen molar-refractivity contribution in [3.8, 4) is 16.9 Å². The van der Waals surface area contributed by atoms with Crippen LogP contribution in [0.2, 0.25) is 0 Å². The Balaban J connectivity index is 1.05. The number of carbonyl (C=O) groups is 1. The van der Waals surface area contributed by atoms with E-state index in [0.717, 1.165) is 80.7 Å². The summed E-state index contributed by atoms with van der Waals surface area (Å²) in [5.74, 6) is 0.959. The van der Waals surface area contributed by atoms with Crippen LogP contribution in [0.3, 0.4) is 0 Å². The number of aromatic nitrogens is 1. The Kier molecular flexibility index (Phi) is 6.18. The molecule has 0 amide bonds. The highest BCUT2D eigenvalue weighted by atomic mass is 16.5. The van der Waals surface area contributed by atoms with Gasteiger partial charge in [-0.15, -0.1) is 0 Å². The molecule has 2 aliphatic carbocycles. The van der Waals surface area contributed by atoms with Crippen molar-refractivity contribution in [2.24, 2.45) is 11.3 Å². The van der Waals surface area contributed by atoms with Crippen LogP contribution in [0.1, 0.15) is 51.4 Å². The summed E-state index contributed by atoms with van der Waals surface area (Å²) >= 11 is 0. The van der Waals surface area contributed by atoms with Crippen LogP contribution in [0.25, 0.3) is 11.1 Å². The summed E-state index contributed by atoms with van der Waals surface area (Å²) in [6.45, 7) is 2.73. The van der Waals surface area contributed by atoms with Crippen LogP contribution in [0.5, 0.6) is 5.75 Å². The van der Waals surface area contributed by atoms with Gasteiger partial charge in [0.1, 0.15) is 18.3 Å². The third kappa shape index (κ3) is 4.53. The first-order valence-corrected chi connectivity index (χ1v) is 12.3. The van der Waals surface area contributed by atoms with Crippen molar-refractivity contribution in [2.75, 3.05) is 32.1 Å². The van der Waals surface area contributed by atoms with Gasteiger partial charge in [0.15, 0.2) is 0 Å². The molecule has 1 aromatic carbocycles. The molecule has 178 valence electrons. The smallest absolute Gasteiger partial charge is 0.131 e. The Hall–Kier alpha value is -2.38. The summed E-state index contributed by atoms with van der Waals surface area (Å²) in [7, 11) is 1.67. The predicted octanol–water partition coefficient (Wildman–Crippen LogP) is 4.13. The van der Waals surface area contributed by atoms with Crippen molar-refractivity contribution in [3.63, 3.8) is 0 Å². The van der Waals surface area contributed by atoms with Crippen molar-refractivity contribution in [1.82, 2.24) is 10.1 Å². The van der Waals surface area contributed by atoms with Gasteiger partial charge in [-0.25, -0.2) is 0 Å². The minimum atomic E-state index is -0.197. The molecule has 1 aliphatic heterocycles. The second kappa shape index (κ2) is 9.11. The molecule has 1 saturated heterocycles. The Morgan fingerprint density at radius 2 is 2.06 bits per heavy atom. The van der Waals surface area contributed by atoms with Crippen LogP contribution in [0.15, 0.2) is 35.2 Å². The van der Waals surface area contributed by atoms with Crippen LogP contribution in [-0.4, -0.2) is 59.8 Å². The van der Waals surface area contributed by atoms with E-state index in [1.165, 1.54) is 19.1 Å². The summed E-state index contributed by atoms with van der Waals surface area (Å²) in [4.78, 5) is 14.1. The van der Waals surface area contributed by atoms with Crippen molar-refractivity contribution < 1.29 is 19.2 Å². The summed E-state index contributed by atoms with van der Waals surface area (Å²) < 4.78 is 10.4. The van der Waals surface area contributed by atoms with Crippen LogP contribution in [-0.2, 0) is 4.79 Å². The lowest BCUT2D eigenvalue weighted by molar-refractivity contribution is -0.117. The Bertz CT molecular complexity index is 958. The van der Waals surface area contributed by atoms with Gasteiger partial charge in [-0.05, 0) is 68.2 Å². The molecule has 1 aromatic heterocycles. The number of ether oxygens (including phenoxy) is 1. The van der Waals surface area contributed by atoms with Gasteiger partial charge in [-0.1, -0.05) is 18.0 Å². The molecular weight excluding hydrogens is 418 g/mol. The molecule has 7 heteroatoms. The number of nitrogens with one attached hydrogen (secondary N) is 1. The number of piperidine rings is 1. The van der Waals surface area contributed by atoms with Crippen LogP contribution in [0.4, 0.5) is 5.69 Å². The molecule has 2 heterocycles. The predicted molar refractivity (Wildman–Crippen MR) is 126 cm³/mol. The maximum atomic E-state index is 11.7. The third-order valence-corrected chi connectivity index (χ3v) is 8.15.